The van der Waals surface area contributed by atoms with Crippen LogP contribution in [0.2, 0.25) is 0 Å². The summed E-state index contributed by atoms with van der Waals surface area (Å²) >= 11 is 0. The molecule has 0 fully saturated rings. The number of hydrogen-bond acceptors (Lipinski definition) is 5. The minimum absolute atomic E-state index is 0.0147. The number of aliphatic hydroxyl groups is 1. The van der Waals surface area contributed by atoms with Gasteiger partial charge in [-0.05, 0) is 35.7 Å². The molecular formula is C21H17FN2O4. The van der Waals surface area contributed by atoms with Crippen LogP contribution in [0.1, 0.15) is 0 Å². The van der Waals surface area contributed by atoms with Gasteiger partial charge in [0.05, 0.1) is 6.54 Å². The first-order valence-electron chi connectivity index (χ1n) is 8.73. The topological polar surface area (TPSA) is 77.5 Å². The third-order valence-electron chi connectivity index (χ3n) is 4.26. The fraction of sp³-hybridized carbons (Fsp3) is 0.143. The van der Waals surface area contributed by atoms with Crippen molar-refractivity contribution >= 4 is 10.8 Å². The highest BCUT2D eigenvalue weighted by Crippen LogP contribution is 2.25. The molecule has 1 aromatic heterocycles. The van der Waals surface area contributed by atoms with E-state index in [4.69, 9.17) is 9.15 Å². The number of benzene rings is 3. The molecule has 0 aliphatic carbocycles. The van der Waals surface area contributed by atoms with Gasteiger partial charge in [-0.1, -0.05) is 36.4 Å². The lowest BCUT2D eigenvalue weighted by atomic mass is 10.1. The van der Waals surface area contributed by atoms with Gasteiger partial charge in [0.1, 0.15) is 24.3 Å². The van der Waals surface area contributed by atoms with E-state index >= 15 is 0 Å². The Morgan fingerprint density at radius 3 is 2.64 bits per heavy atom. The van der Waals surface area contributed by atoms with Crippen LogP contribution in [0.5, 0.6) is 5.75 Å². The van der Waals surface area contributed by atoms with Gasteiger partial charge < -0.3 is 14.3 Å². The molecule has 1 heterocycles. The Morgan fingerprint density at radius 1 is 1.07 bits per heavy atom. The number of nitrogens with zero attached hydrogens (tertiary/aromatic N) is 2. The highest BCUT2D eigenvalue weighted by Gasteiger charge is 2.15. The van der Waals surface area contributed by atoms with E-state index in [0.717, 1.165) is 15.5 Å². The molecule has 0 bridgehead atoms. The van der Waals surface area contributed by atoms with E-state index in [2.05, 4.69) is 5.10 Å². The average Bonchev–Trinajstić information content (AvgIpc) is 3.07. The first kappa shape index (κ1) is 17.9. The van der Waals surface area contributed by atoms with Gasteiger partial charge >= 0.3 is 5.76 Å². The molecule has 1 N–H and O–H groups in total. The molecule has 7 heteroatoms. The van der Waals surface area contributed by atoms with Gasteiger partial charge in [0.15, 0.2) is 0 Å². The van der Waals surface area contributed by atoms with E-state index in [-0.39, 0.29) is 19.0 Å². The summed E-state index contributed by atoms with van der Waals surface area (Å²) in [7, 11) is 0. The monoisotopic (exact) mass is 380 g/mol. The lowest BCUT2D eigenvalue weighted by Crippen LogP contribution is -2.29. The average molecular weight is 380 g/mol. The highest BCUT2D eigenvalue weighted by molar-refractivity contribution is 5.88. The molecule has 4 rings (SSSR count). The van der Waals surface area contributed by atoms with Crippen LogP contribution in [0, 0.1) is 5.82 Å². The summed E-state index contributed by atoms with van der Waals surface area (Å²) in [5.74, 6) is -0.390. The Morgan fingerprint density at radius 2 is 1.82 bits per heavy atom. The third-order valence-corrected chi connectivity index (χ3v) is 4.26. The molecule has 0 spiro atoms. The summed E-state index contributed by atoms with van der Waals surface area (Å²) in [4.78, 5) is 12.0. The Labute approximate surface area is 159 Å². The molecule has 3 aromatic carbocycles. The van der Waals surface area contributed by atoms with E-state index in [0.29, 0.717) is 11.3 Å². The quantitative estimate of drug-likeness (QED) is 0.556. The van der Waals surface area contributed by atoms with E-state index < -0.39 is 17.7 Å². The summed E-state index contributed by atoms with van der Waals surface area (Å²) in [6.45, 7) is -0.104. The Kier molecular flexibility index (Phi) is 4.90. The molecule has 1 unspecified atom stereocenters. The zero-order valence-corrected chi connectivity index (χ0v) is 14.8. The minimum Gasteiger partial charge on any atom is -0.490 e. The maximum absolute atomic E-state index is 13.0. The lowest BCUT2D eigenvalue weighted by molar-refractivity contribution is 0.0882. The molecule has 0 radical (unpaired) electrons. The van der Waals surface area contributed by atoms with Gasteiger partial charge in [0, 0.05) is 10.9 Å². The first-order chi connectivity index (χ1) is 13.6. The summed E-state index contributed by atoms with van der Waals surface area (Å²) in [6, 6.07) is 18.9. The maximum Gasteiger partial charge on any atom is 0.437 e. The molecular weight excluding hydrogens is 363 g/mol. The van der Waals surface area contributed by atoms with Crippen LogP contribution in [0.25, 0.3) is 22.2 Å². The second-order valence-electron chi connectivity index (χ2n) is 6.30. The van der Waals surface area contributed by atoms with Crippen molar-refractivity contribution in [1.82, 2.24) is 9.78 Å². The van der Waals surface area contributed by atoms with Crippen molar-refractivity contribution in [2.45, 2.75) is 12.6 Å². The third kappa shape index (κ3) is 3.79. The Hall–Kier alpha value is -3.45. The summed E-state index contributed by atoms with van der Waals surface area (Å²) in [5, 5.41) is 16.3. The molecule has 0 amide bonds. The molecule has 0 aliphatic rings. The van der Waals surface area contributed by atoms with Crippen molar-refractivity contribution in [2.24, 2.45) is 0 Å². The fourth-order valence-corrected chi connectivity index (χ4v) is 2.89. The van der Waals surface area contributed by atoms with E-state index in [1.54, 1.807) is 0 Å². The summed E-state index contributed by atoms with van der Waals surface area (Å²) in [6.07, 6.45) is -0.970. The largest absolute Gasteiger partial charge is 0.490 e. The standard InChI is InChI=1S/C21H17FN2O4/c22-16-10-8-15(9-11-16)20-23-24(21(26)28-20)12-17(25)13-27-19-7-3-5-14-4-1-2-6-18(14)19/h1-11,17,25H,12-13H2. The molecule has 1 atom stereocenters. The van der Waals surface area contributed by atoms with Crippen LogP contribution in [-0.4, -0.2) is 27.6 Å². The zero-order chi connectivity index (χ0) is 19.5. The second kappa shape index (κ2) is 7.66. The molecule has 0 saturated heterocycles. The van der Waals surface area contributed by atoms with Crippen molar-refractivity contribution in [3.05, 3.63) is 83.1 Å². The van der Waals surface area contributed by atoms with Crippen molar-refractivity contribution < 1.29 is 18.7 Å². The fourth-order valence-electron chi connectivity index (χ4n) is 2.89. The number of aliphatic hydroxyl groups excluding tert-OH is 1. The van der Waals surface area contributed by atoms with Crippen LogP contribution in [0.3, 0.4) is 0 Å². The Bertz CT molecular complexity index is 1150. The predicted octanol–water partition coefficient (Wildman–Crippen LogP) is 3.24. The predicted molar refractivity (Wildman–Crippen MR) is 102 cm³/mol. The van der Waals surface area contributed by atoms with Gasteiger partial charge in [0.2, 0.25) is 5.89 Å². The zero-order valence-electron chi connectivity index (χ0n) is 14.8. The van der Waals surface area contributed by atoms with Crippen LogP contribution >= 0.6 is 0 Å². The summed E-state index contributed by atoms with van der Waals surface area (Å²) in [5.41, 5.74) is 0.471. The first-order valence-corrected chi connectivity index (χ1v) is 8.73. The van der Waals surface area contributed by atoms with Gasteiger partial charge in [-0.25, -0.2) is 9.18 Å². The smallest absolute Gasteiger partial charge is 0.437 e. The number of halogens is 1. The van der Waals surface area contributed by atoms with Crippen molar-refractivity contribution in [1.29, 1.82) is 0 Å². The van der Waals surface area contributed by atoms with Crippen LogP contribution in [0.15, 0.2) is 75.9 Å². The molecule has 28 heavy (non-hydrogen) atoms. The van der Waals surface area contributed by atoms with Crippen LogP contribution in [-0.2, 0) is 6.54 Å². The van der Waals surface area contributed by atoms with Gasteiger partial charge in [-0.15, -0.1) is 5.10 Å². The van der Waals surface area contributed by atoms with E-state index in [9.17, 15) is 14.3 Å². The molecule has 142 valence electrons. The minimum atomic E-state index is -0.970. The molecule has 6 nitrogen and oxygen atoms in total. The van der Waals surface area contributed by atoms with Gasteiger partial charge in [0.25, 0.3) is 0 Å². The van der Waals surface area contributed by atoms with Crippen molar-refractivity contribution in [3.8, 4) is 17.2 Å². The lowest BCUT2D eigenvalue weighted by Gasteiger charge is -2.13. The van der Waals surface area contributed by atoms with Crippen molar-refractivity contribution in [2.75, 3.05) is 6.61 Å². The molecule has 4 aromatic rings. The number of ether oxygens (including phenoxy) is 1. The SMILES string of the molecule is O=c1oc(-c2ccc(F)cc2)nn1CC(O)COc1cccc2ccccc12. The van der Waals surface area contributed by atoms with Crippen LogP contribution < -0.4 is 10.5 Å². The Balaban J connectivity index is 1.44. The van der Waals surface area contributed by atoms with Gasteiger partial charge in [-0.3, -0.25) is 0 Å². The number of rotatable bonds is 6. The number of fused-ring (bicyclic) bond motifs is 1. The normalized spacial score (nSPS) is 12.2. The molecule has 0 aliphatic heterocycles. The van der Waals surface area contributed by atoms with Crippen LogP contribution in [0.4, 0.5) is 4.39 Å². The number of hydrogen-bond donors (Lipinski definition) is 1. The maximum atomic E-state index is 13.0. The van der Waals surface area contributed by atoms with E-state index in [1.807, 2.05) is 42.5 Å². The molecule has 0 saturated carbocycles. The highest BCUT2D eigenvalue weighted by atomic mass is 19.1. The van der Waals surface area contributed by atoms with E-state index in [1.165, 1.54) is 24.3 Å². The summed E-state index contributed by atoms with van der Waals surface area (Å²) < 4.78 is 24.9. The number of aromatic nitrogens is 2. The van der Waals surface area contributed by atoms with Gasteiger partial charge in [-0.2, -0.15) is 4.68 Å². The van der Waals surface area contributed by atoms with Crippen molar-refractivity contribution in [3.63, 3.8) is 0 Å². The second-order valence-corrected chi connectivity index (χ2v) is 6.30.